The van der Waals surface area contributed by atoms with Gasteiger partial charge in [0.2, 0.25) is 15.9 Å². The van der Waals surface area contributed by atoms with Crippen LogP contribution in [0.4, 0.5) is 5.69 Å². The Balaban J connectivity index is 2.32. The van der Waals surface area contributed by atoms with E-state index in [9.17, 15) is 13.2 Å². The number of aryl methyl sites for hydroxylation is 2. The van der Waals surface area contributed by atoms with Crippen molar-refractivity contribution in [1.82, 2.24) is 10.0 Å². The van der Waals surface area contributed by atoms with Gasteiger partial charge in [-0.25, -0.2) is 13.1 Å². The lowest BCUT2D eigenvalue weighted by Gasteiger charge is -2.15. The van der Waals surface area contributed by atoms with E-state index in [4.69, 9.17) is 5.73 Å². The van der Waals surface area contributed by atoms with Crippen molar-refractivity contribution in [3.8, 4) is 0 Å². The van der Waals surface area contributed by atoms with Gasteiger partial charge in [-0.1, -0.05) is 0 Å². The normalized spacial score (nSPS) is 19.5. The molecule has 4 N–H and O–H groups in total. The van der Waals surface area contributed by atoms with Gasteiger partial charge in [0.15, 0.2) is 0 Å². The fourth-order valence-electron chi connectivity index (χ4n) is 2.37. The first-order valence-corrected chi connectivity index (χ1v) is 7.43. The third-order valence-corrected chi connectivity index (χ3v) is 4.88. The molecule has 1 amide bonds. The maximum Gasteiger partial charge on any atom is 0.241 e. The third kappa shape index (κ3) is 2.87. The highest BCUT2D eigenvalue weighted by Crippen LogP contribution is 2.23. The molecule has 1 aliphatic rings. The minimum absolute atomic E-state index is 0.140. The van der Waals surface area contributed by atoms with Gasteiger partial charge in [-0.15, -0.1) is 0 Å². The van der Waals surface area contributed by atoms with E-state index in [1.165, 1.54) is 0 Å². The molecule has 1 aromatic carbocycles. The number of nitrogens with two attached hydrogens (primary N) is 1. The predicted octanol–water partition coefficient (Wildman–Crippen LogP) is 0.0524. The quantitative estimate of drug-likeness (QED) is 0.682. The average Bonchev–Trinajstić information content (AvgIpc) is 2.60. The summed E-state index contributed by atoms with van der Waals surface area (Å²) in [5.74, 6) is -0.140. The van der Waals surface area contributed by atoms with E-state index in [0.717, 1.165) is 0 Å². The second kappa shape index (κ2) is 4.82. The summed E-state index contributed by atoms with van der Waals surface area (Å²) in [6, 6.07) is 2.85. The summed E-state index contributed by atoms with van der Waals surface area (Å²) < 4.78 is 27.3. The van der Waals surface area contributed by atoms with Crippen LogP contribution in [0, 0.1) is 13.8 Å². The van der Waals surface area contributed by atoms with Crippen LogP contribution in [0.1, 0.15) is 17.5 Å². The number of rotatable bonds is 3. The largest absolute Gasteiger partial charge is 0.399 e. The molecule has 0 aromatic heterocycles. The molecule has 104 valence electrons. The lowest BCUT2D eigenvalue weighted by molar-refractivity contribution is -0.119. The molecule has 1 fully saturated rings. The fourth-order valence-corrected chi connectivity index (χ4v) is 4.06. The van der Waals surface area contributed by atoms with Crippen molar-refractivity contribution < 1.29 is 13.2 Å². The number of benzene rings is 1. The molecule has 0 spiro atoms. The van der Waals surface area contributed by atoms with Crippen LogP contribution in [0.3, 0.4) is 0 Å². The van der Waals surface area contributed by atoms with E-state index >= 15 is 0 Å². The number of hydrogen-bond acceptors (Lipinski definition) is 4. The number of hydrogen-bond donors (Lipinski definition) is 3. The molecule has 1 heterocycles. The molecule has 1 unspecified atom stereocenters. The Bertz CT molecular complexity index is 602. The second-order valence-corrected chi connectivity index (χ2v) is 6.46. The first kappa shape index (κ1) is 13.8. The number of nitrogens with one attached hydrogen (secondary N) is 2. The van der Waals surface area contributed by atoms with E-state index < -0.39 is 16.1 Å². The number of nitrogen functional groups attached to an aromatic ring is 1. The smallest absolute Gasteiger partial charge is 0.241 e. The van der Waals surface area contributed by atoms with E-state index in [1.807, 2.05) is 0 Å². The summed E-state index contributed by atoms with van der Waals surface area (Å²) in [5.41, 5.74) is 7.42. The highest BCUT2D eigenvalue weighted by molar-refractivity contribution is 7.89. The molecule has 1 atom stereocenters. The van der Waals surface area contributed by atoms with Gasteiger partial charge in [0.1, 0.15) is 0 Å². The standard InChI is InChI=1S/C12H17N3O3S/c1-7-3-9(13)4-8(2)12(7)19(17,18)15-10-5-11(16)14-6-10/h3-4,10,15H,5-6,13H2,1-2H3,(H,14,16). The number of carbonyl (C=O) groups is 1. The molecule has 1 saturated heterocycles. The maximum atomic E-state index is 12.4. The Morgan fingerprint density at radius 1 is 1.32 bits per heavy atom. The van der Waals surface area contributed by atoms with Crippen molar-refractivity contribution in [2.75, 3.05) is 12.3 Å². The average molecular weight is 283 g/mol. The topological polar surface area (TPSA) is 101 Å². The van der Waals surface area contributed by atoms with Gasteiger partial charge in [-0.2, -0.15) is 0 Å². The van der Waals surface area contributed by atoms with E-state index in [-0.39, 0.29) is 17.2 Å². The molecule has 0 aliphatic carbocycles. The highest BCUT2D eigenvalue weighted by Gasteiger charge is 2.28. The molecule has 7 heteroatoms. The summed E-state index contributed by atoms with van der Waals surface area (Å²) in [6.45, 7) is 3.73. The predicted molar refractivity (Wildman–Crippen MR) is 72.1 cm³/mol. The van der Waals surface area contributed by atoms with Crippen molar-refractivity contribution >= 4 is 21.6 Å². The first-order valence-electron chi connectivity index (χ1n) is 5.95. The lowest BCUT2D eigenvalue weighted by atomic mass is 10.1. The lowest BCUT2D eigenvalue weighted by Crippen LogP contribution is -2.36. The number of anilines is 1. The van der Waals surface area contributed by atoms with Crippen LogP contribution in [0.2, 0.25) is 0 Å². The molecular formula is C12H17N3O3S. The highest BCUT2D eigenvalue weighted by atomic mass is 32.2. The van der Waals surface area contributed by atoms with Crippen LogP contribution in [0.25, 0.3) is 0 Å². The molecular weight excluding hydrogens is 266 g/mol. The van der Waals surface area contributed by atoms with Gasteiger partial charge < -0.3 is 11.1 Å². The van der Waals surface area contributed by atoms with E-state index in [2.05, 4.69) is 10.0 Å². The molecule has 19 heavy (non-hydrogen) atoms. The number of amides is 1. The summed E-state index contributed by atoms with van der Waals surface area (Å²) in [4.78, 5) is 11.3. The second-order valence-electron chi connectivity index (χ2n) is 4.81. The van der Waals surface area contributed by atoms with Crippen LogP contribution < -0.4 is 15.8 Å². The minimum atomic E-state index is -3.64. The van der Waals surface area contributed by atoms with E-state index in [1.54, 1.807) is 26.0 Å². The van der Waals surface area contributed by atoms with Crippen molar-refractivity contribution in [3.05, 3.63) is 23.3 Å². The molecule has 1 aromatic rings. The van der Waals surface area contributed by atoms with Gasteiger partial charge in [-0.3, -0.25) is 4.79 Å². The van der Waals surface area contributed by atoms with Gasteiger partial charge in [0, 0.05) is 24.7 Å². The Labute approximate surface area is 112 Å². The fraction of sp³-hybridized carbons (Fsp3) is 0.417. The Hall–Kier alpha value is -1.60. The van der Waals surface area contributed by atoms with Crippen LogP contribution in [0.5, 0.6) is 0 Å². The number of carbonyl (C=O) groups excluding carboxylic acids is 1. The number of sulfonamides is 1. The molecule has 1 aliphatic heterocycles. The van der Waals surface area contributed by atoms with Crippen LogP contribution >= 0.6 is 0 Å². The summed E-state index contributed by atoms with van der Waals surface area (Å²) in [5, 5.41) is 2.60. The zero-order chi connectivity index (χ0) is 14.2. The summed E-state index contributed by atoms with van der Waals surface area (Å²) in [6.07, 6.45) is 0.173. The molecule has 0 saturated carbocycles. The first-order chi connectivity index (χ1) is 8.79. The van der Waals surface area contributed by atoms with Crippen molar-refractivity contribution in [2.24, 2.45) is 0 Å². The van der Waals surface area contributed by atoms with E-state index in [0.29, 0.717) is 23.4 Å². The van der Waals surface area contributed by atoms with Gasteiger partial charge in [0.05, 0.1) is 4.90 Å². The zero-order valence-electron chi connectivity index (χ0n) is 10.9. The van der Waals surface area contributed by atoms with Crippen molar-refractivity contribution in [2.45, 2.75) is 31.2 Å². The monoisotopic (exact) mass is 283 g/mol. The van der Waals surface area contributed by atoms with Gasteiger partial charge >= 0.3 is 0 Å². The van der Waals surface area contributed by atoms with Crippen LogP contribution in [-0.2, 0) is 14.8 Å². The molecule has 6 nitrogen and oxygen atoms in total. The Kier molecular flexibility index (Phi) is 3.51. The van der Waals surface area contributed by atoms with Gasteiger partial charge in [0.25, 0.3) is 0 Å². The van der Waals surface area contributed by atoms with Crippen molar-refractivity contribution in [1.29, 1.82) is 0 Å². The molecule has 0 bridgehead atoms. The third-order valence-electron chi connectivity index (χ3n) is 3.05. The molecule has 0 radical (unpaired) electrons. The summed E-state index contributed by atoms with van der Waals surface area (Å²) in [7, 11) is -3.64. The van der Waals surface area contributed by atoms with Crippen LogP contribution in [-0.4, -0.2) is 26.9 Å². The molecule has 2 rings (SSSR count). The zero-order valence-corrected chi connectivity index (χ0v) is 11.7. The SMILES string of the molecule is Cc1cc(N)cc(C)c1S(=O)(=O)NC1CNC(=O)C1. The Morgan fingerprint density at radius 3 is 2.37 bits per heavy atom. The maximum absolute atomic E-state index is 12.4. The Morgan fingerprint density at radius 2 is 1.89 bits per heavy atom. The summed E-state index contributed by atoms with van der Waals surface area (Å²) >= 11 is 0. The van der Waals surface area contributed by atoms with Crippen LogP contribution in [0.15, 0.2) is 17.0 Å². The van der Waals surface area contributed by atoms with Gasteiger partial charge in [-0.05, 0) is 37.1 Å². The van der Waals surface area contributed by atoms with Crippen molar-refractivity contribution in [3.63, 3.8) is 0 Å². The minimum Gasteiger partial charge on any atom is -0.399 e.